The molecule has 0 amide bonds. The summed E-state index contributed by atoms with van der Waals surface area (Å²) in [6.45, 7) is 3.68. The van der Waals surface area contributed by atoms with Crippen molar-refractivity contribution in [3.05, 3.63) is 23.8 Å². The standard InChI is InChI=1S/C12H14O4/c1-12(2,11(14)15)9-6-16-10-4-3-7(13)5-8(9)10/h3-5,9,13H,6H2,1-2H3,(H,14,15). The Labute approximate surface area is 93.5 Å². The molecule has 2 rings (SSSR count). The Morgan fingerprint density at radius 1 is 1.50 bits per heavy atom. The minimum absolute atomic E-state index is 0.135. The number of carbonyl (C=O) groups is 1. The van der Waals surface area contributed by atoms with Crippen molar-refractivity contribution in [2.75, 3.05) is 6.61 Å². The molecule has 0 radical (unpaired) electrons. The van der Waals surface area contributed by atoms with Gasteiger partial charge in [0.15, 0.2) is 0 Å². The van der Waals surface area contributed by atoms with E-state index < -0.39 is 11.4 Å². The molecule has 1 aromatic rings. The zero-order chi connectivity index (χ0) is 11.9. The highest BCUT2D eigenvalue weighted by molar-refractivity contribution is 5.75. The lowest BCUT2D eigenvalue weighted by Gasteiger charge is -2.25. The minimum atomic E-state index is -0.904. The number of fused-ring (bicyclic) bond motifs is 1. The van der Waals surface area contributed by atoms with E-state index in [-0.39, 0.29) is 11.7 Å². The number of phenols is 1. The van der Waals surface area contributed by atoms with Crippen LogP contribution in [0.2, 0.25) is 0 Å². The van der Waals surface area contributed by atoms with Crippen molar-refractivity contribution in [3.63, 3.8) is 0 Å². The predicted octanol–water partition coefficient (Wildman–Crippen LogP) is 1.98. The van der Waals surface area contributed by atoms with E-state index in [4.69, 9.17) is 4.74 Å². The molecule has 0 spiro atoms. The number of ether oxygens (including phenoxy) is 1. The highest BCUT2D eigenvalue weighted by Crippen LogP contribution is 2.45. The third-order valence-electron chi connectivity index (χ3n) is 3.20. The first-order chi connectivity index (χ1) is 7.43. The molecule has 4 heteroatoms. The van der Waals surface area contributed by atoms with E-state index in [1.807, 2.05) is 0 Å². The van der Waals surface area contributed by atoms with Gasteiger partial charge in [-0.25, -0.2) is 0 Å². The number of hydrogen-bond acceptors (Lipinski definition) is 3. The fourth-order valence-electron chi connectivity index (χ4n) is 1.95. The molecule has 1 aromatic carbocycles. The second-order valence-electron chi connectivity index (χ2n) is 4.61. The lowest BCUT2D eigenvalue weighted by molar-refractivity contribution is -0.148. The van der Waals surface area contributed by atoms with Crippen LogP contribution in [0.4, 0.5) is 0 Å². The first-order valence-corrected chi connectivity index (χ1v) is 5.12. The number of carboxylic acid groups (broad SMARTS) is 1. The molecule has 1 atom stereocenters. The molecule has 1 aliphatic rings. The molecule has 0 saturated heterocycles. The van der Waals surface area contributed by atoms with Gasteiger partial charge in [0, 0.05) is 11.5 Å². The Kier molecular flexibility index (Phi) is 2.30. The van der Waals surface area contributed by atoms with Crippen LogP contribution >= 0.6 is 0 Å². The first kappa shape index (κ1) is 10.8. The zero-order valence-electron chi connectivity index (χ0n) is 9.23. The summed E-state index contributed by atoms with van der Waals surface area (Å²) < 4.78 is 5.43. The van der Waals surface area contributed by atoms with Gasteiger partial charge in [0.25, 0.3) is 0 Å². The largest absolute Gasteiger partial charge is 0.508 e. The molecule has 0 aliphatic carbocycles. The van der Waals surface area contributed by atoms with Crippen molar-refractivity contribution in [1.82, 2.24) is 0 Å². The van der Waals surface area contributed by atoms with E-state index in [2.05, 4.69) is 0 Å². The van der Waals surface area contributed by atoms with E-state index in [0.29, 0.717) is 12.4 Å². The summed E-state index contributed by atoms with van der Waals surface area (Å²) in [5, 5.41) is 18.6. The van der Waals surface area contributed by atoms with Crippen LogP contribution in [0, 0.1) is 5.41 Å². The summed E-state index contributed by atoms with van der Waals surface area (Å²) in [6.07, 6.45) is 0. The number of carboxylic acids is 1. The summed E-state index contributed by atoms with van der Waals surface area (Å²) in [7, 11) is 0. The first-order valence-electron chi connectivity index (χ1n) is 5.12. The summed E-state index contributed by atoms with van der Waals surface area (Å²) in [5.74, 6) is -0.294. The van der Waals surface area contributed by atoms with Crippen LogP contribution in [0.1, 0.15) is 25.3 Å². The molecule has 4 nitrogen and oxygen atoms in total. The van der Waals surface area contributed by atoms with Gasteiger partial charge in [0.05, 0.1) is 12.0 Å². The van der Waals surface area contributed by atoms with Gasteiger partial charge in [-0.1, -0.05) is 0 Å². The summed E-state index contributed by atoms with van der Waals surface area (Å²) in [6, 6.07) is 4.79. The smallest absolute Gasteiger partial charge is 0.309 e. The molecule has 86 valence electrons. The Hall–Kier alpha value is -1.71. The number of benzene rings is 1. The molecular formula is C12H14O4. The van der Waals surface area contributed by atoms with Gasteiger partial charge in [-0.05, 0) is 32.0 Å². The summed E-state index contributed by atoms with van der Waals surface area (Å²) in [4.78, 5) is 11.2. The van der Waals surface area contributed by atoms with Gasteiger partial charge in [-0.3, -0.25) is 4.79 Å². The maximum absolute atomic E-state index is 11.2. The molecule has 1 unspecified atom stereocenters. The SMILES string of the molecule is CC(C)(C(=O)O)C1COc2ccc(O)cc21. The number of aliphatic carboxylic acids is 1. The van der Waals surface area contributed by atoms with E-state index in [0.717, 1.165) is 5.56 Å². The van der Waals surface area contributed by atoms with Crippen LogP contribution in [0.15, 0.2) is 18.2 Å². The fraction of sp³-hybridized carbons (Fsp3) is 0.417. The van der Waals surface area contributed by atoms with Gasteiger partial charge in [-0.15, -0.1) is 0 Å². The van der Waals surface area contributed by atoms with Crippen LogP contribution in [-0.4, -0.2) is 22.8 Å². The maximum atomic E-state index is 11.2. The molecule has 16 heavy (non-hydrogen) atoms. The highest BCUT2D eigenvalue weighted by atomic mass is 16.5. The minimum Gasteiger partial charge on any atom is -0.508 e. The quantitative estimate of drug-likeness (QED) is 0.802. The molecular weight excluding hydrogens is 208 g/mol. The molecule has 0 aromatic heterocycles. The van der Waals surface area contributed by atoms with Crippen molar-refractivity contribution < 1.29 is 19.7 Å². The van der Waals surface area contributed by atoms with Crippen molar-refractivity contribution in [2.24, 2.45) is 5.41 Å². The maximum Gasteiger partial charge on any atom is 0.309 e. The van der Waals surface area contributed by atoms with E-state index in [1.165, 1.54) is 6.07 Å². The van der Waals surface area contributed by atoms with Gasteiger partial charge < -0.3 is 14.9 Å². The average molecular weight is 222 g/mol. The van der Waals surface area contributed by atoms with Crippen LogP contribution in [0.5, 0.6) is 11.5 Å². The molecule has 0 fully saturated rings. The molecule has 1 heterocycles. The zero-order valence-corrected chi connectivity index (χ0v) is 9.23. The Bertz CT molecular complexity index is 437. The van der Waals surface area contributed by atoms with E-state index in [9.17, 15) is 15.0 Å². The van der Waals surface area contributed by atoms with Crippen molar-refractivity contribution >= 4 is 5.97 Å². The van der Waals surface area contributed by atoms with Crippen LogP contribution in [-0.2, 0) is 4.79 Å². The number of hydrogen-bond donors (Lipinski definition) is 2. The molecule has 1 aliphatic heterocycles. The van der Waals surface area contributed by atoms with Crippen molar-refractivity contribution in [1.29, 1.82) is 0 Å². The van der Waals surface area contributed by atoms with Gasteiger partial charge in [-0.2, -0.15) is 0 Å². The van der Waals surface area contributed by atoms with E-state index >= 15 is 0 Å². The number of phenolic OH excluding ortho intramolecular Hbond substituents is 1. The summed E-state index contributed by atoms with van der Waals surface area (Å²) >= 11 is 0. The van der Waals surface area contributed by atoms with E-state index in [1.54, 1.807) is 26.0 Å². The average Bonchev–Trinajstić information content (AvgIpc) is 2.60. The molecule has 2 N–H and O–H groups in total. The Morgan fingerprint density at radius 3 is 2.81 bits per heavy atom. The lowest BCUT2D eigenvalue weighted by atomic mass is 9.76. The van der Waals surface area contributed by atoms with Crippen LogP contribution in [0.3, 0.4) is 0 Å². The summed E-state index contributed by atoms with van der Waals surface area (Å²) in [5.41, 5.74) is -0.133. The predicted molar refractivity (Wildman–Crippen MR) is 57.8 cm³/mol. The second kappa shape index (κ2) is 3.40. The second-order valence-corrected chi connectivity index (χ2v) is 4.61. The number of aromatic hydroxyl groups is 1. The van der Waals surface area contributed by atoms with Crippen LogP contribution in [0.25, 0.3) is 0 Å². The Balaban J connectivity index is 2.43. The van der Waals surface area contributed by atoms with Gasteiger partial charge >= 0.3 is 5.97 Å². The fourth-order valence-corrected chi connectivity index (χ4v) is 1.95. The normalized spacial score (nSPS) is 19.0. The molecule has 0 saturated carbocycles. The number of rotatable bonds is 2. The van der Waals surface area contributed by atoms with Gasteiger partial charge in [0.2, 0.25) is 0 Å². The lowest BCUT2D eigenvalue weighted by Crippen LogP contribution is -2.32. The Morgan fingerprint density at radius 2 is 2.19 bits per heavy atom. The monoisotopic (exact) mass is 222 g/mol. The molecule has 0 bridgehead atoms. The van der Waals surface area contributed by atoms with Crippen molar-refractivity contribution in [2.45, 2.75) is 19.8 Å². The van der Waals surface area contributed by atoms with Gasteiger partial charge in [0.1, 0.15) is 11.5 Å². The topological polar surface area (TPSA) is 66.8 Å². The van der Waals surface area contributed by atoms with Crippen LogP contribution < -0.4 is 4.74 Å². The third kappa shape index (κ3) is 1.50. The van der Waals surface area contributed by atoms with Crippen molar-refractivity contribution in [3.8, 4) is 11.5 Å². The highest BCUT2D eigenvalue weighted by Gasteiger charge is 2.42. The third-order valence-corrected chi connectivity index (χ3v) is 3.20.